The van der Waals surface area contributed by atoms with Crippen LogP contribution in [0.15, 0.2) is 12.1 Å². The average Bonchev–Trinajstić information content (AvgIpc) is 2.29. The number of amides is 1. The molecular weight excluding hydrogens is 311 g/mol. The number of nitrogens with two attached hydrogens (primary N) is 1. The van der Waals surface area contributed by atoms with Gasteiger partial charge in [0.25, 0.3) is 5.91 Å². The molecule has 0 fully saturated rings. The molecule has 0 spiro atoms. The van der Waals surface area contributed by atoms with Gasteiger partial charge in [0.1, 0.15) is 9.84 Å². The maximum absolute atomic E-state index is 11.8. The highest BCUT2D eigenvalue weighted by Gasteiger charge is 2.11. The zero-order chi connectivity index (χ0) is 14.6. The second-order valence-corrected chi connectivity index (χ2v) is 7.17. The van der Waals surface area contributed by atoms with Crippen molar-refractivity contribution in [2.75, 3.05) is 24.3 Å². The molecule has 1 aromatic rings. The minimum atomic E-state index is -3.02. The molecule has 5 nitrogen and oxygen atoms in total. The van der Waals surface area contributed by atoms with Crippen molar-refractivity contribution >= 4 is 44.6 Å². The van der Waals surface area contributed by atoms with E-state index in [1.807, 2.05) is 0 Å². The lowest BCUT2D eigenvalue weighted by atomic mass is 10.2. The van der Waals surface area contributed by atoms with Crippen LogP contribution in [0.3, 0.4) is 0 Å². The van der Waals surface area contributed by atoms with E-state index < -0.39 is 9.84 Å². The number of carbonyl (C=O) groups excluding carboxylic acids is 1. The summed E-state index contributed by atoms with van der Waals surface area (Å²) in [5.41, 5.74) is 6.06. The van der Waals surface area contributed by atoms with Gasteiger partial charge in [0.15, 0.2) is 0 Å². The first kappa shape index (κ1) is 16.1. The lowest BCUT2D eigenvalue weighted by Crippen LogP contribution is -2.25. The van der Waals surface area contributed by atoms with E-state index in [1.54, 1.807) is 0 Å². The minimum Gasteiger partial charge on any atom is -0.396 e. The van der Waals surface area contributed by atoms with E-state index in [0.29, 0.717) is 6.42 Å². The fourth-order valence-electron chi connectivity index (χ4n) is 1.35. The molecular formula is C11H14Cl2N2O3S. The number of nitrogen functional groups attached to an aromatic ring is 1. The largest absolute Gasteiger partial charge is 0.396 e. The van der Waals surface area contributed by atoms with Gasteiger partial charge in [0, 0.05) is 18.4 Å². The van der Waals surface area contributed by atoms with E-state index in [1.165, 1.54) is 12.1 Å². The predicted octanol–water partition coefficient (Wildman–Crippen LogP) is 1.74. The number of nitrogens with one attached hydrogen (secondary N) is 1. The van der Waals surface area contributed by atoms with Crippen molar-refractivity contribution in [3.05, 3.63) is 27.7 Å². The van der Waals surface area contributed by atoms with Crippen molar-refractivity contribution in [1.82, 2.24) is 5.32 Å². The van der Waals surface area contributed by atoms with Crippen molar-refractivity contribution in [1.29, 1.82) is 0 Å². The summed E-state index contributed by atoms with van der Waals surface area (Å²) in [4.78, 5) is 11.8. The molecule has 0 radical (unpaired) electrons. The predicted molar refractivity (Wildman–Crippen MR) is 77.5 cm³/mol. The number of rotatable bonds is 5. The van der Waals surface area contributed by atoms with Crippen molar-refractivity contribution < 1.29 is 13.2 Å². The Bertz CT molecular complexity index is 565. The summed E-state index contributed by atoms with van der Waals surface area (Å²) in [7, 11) is -3.02. The Morgan fingerprint density at radius 1 is 1.32 bits per heavy atom. The summed E-state index contributed by atoms with van der Waals surface area (Å²) in [5, 5.41) is 2.99. The number of halogens is 2. The molecule has 0 aliphatic carbocycles. The fourth-order valence-corrected chi connectivity index (χ4v) is 2.51. The van der Waals surface area contributed by atoms with Crippen molar-refractivity contribution in [3.63, 3.8) is 0 Å². The second-order valence-electron chi connectivity index (χ2n) is 4.09. The van der Waals surface area contributed by atoms with E-state index >= 15 is 0 Å². The van der Waals surface area contributed by atoms with Gasteiger partial charge in [0.05, 0.1) is 21.5 Å². The van der Waals surface area contributed by atoms with E-state index in [9.17, 15) is 13.2 Å². The molecule has 0 aliphatic heterocycles. The number of benzene rings is 1. The highest BCUT2D eigenvalue weighted by molar-refractivity contribution is 7.90. The molecule has 0 heterocycles. The second kappa shape index (κ2) is 6.45. The summed E-state index contributed by atoms with van der Waals surface area (Å²) >= 11 is 11.6. The van der Waals surface area contributed by atoms with Crippen molar-refractivity contribution in [3.8, 4) is 0 Å². The minimum absolute atomic E-state index is 0.0243. The normalized spacial score (nSPS) is 11.3. The number of sulfone groups is 1. The van der Waals surface area contributed by atoms with Crippen LogP contribution < -0.4 is 11.1 Å². The summed E-state index contributed by atoms with van der Waals surface area (Å²) in [6.07, 6.45) is 1.50. The first-order chi connectivity index (χ1) is 8.70. The number of carbonyl (C=O) groups is 1. The topological polar surface area (TPSA) is 89.3 Å². The monoisotopic (exact) mass is 324 g/mol. The summed E-state index contributed by atoms with van der Waals surface area (Å²) in [6.45, 7) is 0.255. The Morgan fingerprint density at radius 3 is 2.32 bits per heavy atom. The van der Waals surface area contributed by atoms with E-state index in [0.717, 1.165) is 6.26 Å². The van der Waals surface area contributed by atoms with Crippen LogP contribution in [0, 0.1) is 0 Å². The molecule has 0 atom stereocenters. The van der Waals surface area contributed by atoms with Gasteiger partial charge < -0.3 is 11.1 Å². The standard InChI is InChI=1S/C11H14Cl2N2O3S/c1-19(17,18)4-2-3-15-11(16)7-5-8(12)10(14)9(13)6-7/h5-6H,2-4,14H2,1H3,(H,15,16). The van der Waals surface area contributed by atoms with Crippen LogP contribution in [-0.4, -0.2) is 32.9 Å². The summed E-state index contributed by atoms with van der Waals surface area (Å²) in [5.74, 6) is -0.353. The van der Waals surface area contributed by atoms with Gasteiger partial charge in [-0.25, -0.2) is 8.42 Å². The average molecular weight is 325 g/mol. The molecule has 1 amide bonds. The van der Waals surface area contributed by atoms with E-state index in [4.69, 9.17) is 28.9 Å². The first-order valence-corrected chi connectivity index (χ1v) is 8.23. The smallest absolute Gasteiger partial charge is 0.251 e. The first-order valence-electron chi connectivity index (χ1n) is 5.41. The summed E-state index contributed by atoms with van der Waals surface area (Å²) < 4.78 is 21.8. The van der Waals surface area contributed by atoms with Crippen LogP contribution in [-0.2, 0) is 9.84 Å². The van der Waals surface area contributed by atoms with Crippen LogP contribution in [0.1, 0.15) is 16.8 Å². The number of anilines is 1. The van der Waals surface area contributed by atoms with Gasteiger partial charge in [-0.3, -0.25) is 4.79 Å². The summed E-state index contributed by atoms with van der Waals surface area (Å²) in [6, 6.07) is 2.82. The number of hydrogen-bond donors (Lipinski definition) is 2. The van der Waals surface area contributed by atoms with Gasteiger partial charge in [-0.05, 0) is 18.6 Å². The van der Waals surface area contributed by atoms with Crippen LogP contribution in [0.25, 0.3) is 0 Å². The van der Waals surface area contributed by atoms with Crippen LogP contribution in [0.2, 0.25) is 10.0 Å². The highest BCUT2D eigenvalue weighted by Crippen LogP contribution is 2.28. The Labute approximate surface area is 122 Å². The molecule has 0 bridgehead atoms. The molecule has 1 rings (SSSR count). The third-order valence-corrected chi connectivity index (χ3v) is 3.97. The maximum atomic E-state index is 11.8. The zero-order valence-corrected chi connectivity index (χ0v) is 12.6. The molecule has 106 valence electrons. The third kappa shape index (κ3) is 5.26. The van der Waals surface area contributed by atoms with Crippen molar-refractivity contribution in [2.24, 2.45) is 0 Å². The Kier molecular flexibility index (Phi) is 5.46. The van der Waals surface area contributed by atoms with E-state index in [2.05, 4.69) is 5.32 Å². The number of hydrogen-bond acceptors (Lipinski definition) is 4. The Hall–Kier alpha value is -0.980. The van der Waals surface area contributed by atoms with Gasteiger partial charge in [-0.1, -0.05) is 23.2 Å². The van der Waals surface area contributed by atoms with Crippen molar-refractivity contribution in [2.45, 2.75) is 6.42 Å². The van der Waals surface area contributed by atoms with Gasteiger partial charge in [-0.15, -0.1) is 0 Å². The third-order valence-electron chi connectivity index (χ3n) is 2.32. The molecule has 1 aromatic carbocycles. The van der Waals surface area contributed by atoms with Crippen LogP contribution in [0.4, 0.5) is 5.69 Å². The Morgan fingerprint density at radius 2 is 1.84 bits per heavy atom. The molecule has 0 saturated carbocycles. The van der Waals surface area contributed by atoms with E-state index in [-0.39, 0.29) is 39.5 Å². The molecule has 8 heteroatoms. The lowest BCUT2D eigenvalue weighted by Gasteiger charge is -2.07. The lowest BCUT2D eigenvalue weighted by molar-refractivity contribution is 0.0953. The van der Waals surface area contributed by atoms with Crippen LogP contribution in [0.5, 0.6) is 0 Å². The molecule has 3 N–H and O–H groups in total. The molecule has 19 heavy (non-hydrogen) atoms. The van der Waals surface area contributed by atoms with Crippen LogP contribution >= 0.6 is 23.2 Å². The quantitative estimate of drug-likeness (QED) is 0.637. The van der Waals surface area contributed by atoms with Gasteiger partial charge in [-0.2, -0.15) is 0 Å². The molecule has 0 aromatic heterocycles. The van der Waals surface area contributed by atoms with Gasteiger partial charge >= 0.3 is 0 Å². The SMILES string of the molecule is CS(=O)(=O)CCCNC(=O)c1cc(Cl)c(N)c(Cl)c1. The molecule has 0 unspecified atom stereocenters. The zero-order valence-electron chi connectivity index (χ0n) is 10.2. The van der Waals surface area contributed by atoms with Gasteiger partial charge in [0.2, 0.25) is 0 Å². The molecule has 0 saturated heterocycles. The maximum Gasteiger partial charge on any atom is 0.251 e. The Balaban J connectivity index is 2.60. The molecule has 0 aliphatic rings. The fraction of sp³-hybridized carbons (Fsp3) is 0.364. The highest BCUT2D eigenvalue weighted by atomic mass is 35.5.